The largest absolute Gasteiger partial charge is 0.369 e. The van der Waals surface area contributed by atoms with E-state index in [1.165, 1.54) is 23.1 Å². The highest BCUT2D eigenvalue weighted by atomic mass is 32.2. The smallest absolute Gasteiger partial charge is 0.227 e. The predicted octanol–water partition coefficient (Wildman–Crippen LogP) is 0.713. The third kappa shape index (κ3) is 3.75. The number of nitrogens with one attached hydrogen (secondary N) is 1. The summed E-state index contributed by atoms with van der Waals surface area (Å²) >= 11 is 2.68. The summed E-state index contributed by atoms with van der Waals surface area (Å²) in [6.45, 7) is 4.22. The predicted molar refractivity (Wildman–Crippen MR) is 58.5 cm³/mol. The third-order valence-electron chi connectivity index (χ3n) is 1.14. The van der Waals surface area contributed by atoms with Crippen molar-refractivity contribution in [1.82, 2.24) is 10.2 Å². The molecule has 0 saturated heterocycles. The minimum absolute atomic E-state index is 0.232. The van der Waals surface area contributed by atoms with E-state index < -0.39 is 0 Å². The molecule has 1 amide bonds. The monoisotopic (exact) mass is 230 g/mol. The minimum atomic E-state index is -0.356. The number of rotatable bonds is 6. The second kappa shape index (κ2) is 5.61. The average molecular weight is 230 g/mol. The Balaban J connectivity index is 2.42. The zero-order chi connectivity index (χ0) is 10.4. The van der Waals surface area contributed by atoms with Crippen molar-refractivity contribution in [3.8, 4) is 0 Å². The van der Waals surface area contributed by atoms with Crippen LogP contribution in [0.1, 0.15) is 0 Å². The molecule has 76 valence electrons. The van der Waals surface area contributed by atoms with Crippen LogP contribution in [0.3, 0.4) is 0 Å². The molecule has 1 aromatic heterocycles. The number of hydrogen-bond acceptors (Lipinski definition) is 6. The van der Waals surface area contributed by atoms with Gasteiger partial charge in [-0.1, -0.05) is 29.2 Å². The van der Waals surface area contributed by atoms with Crippen molar-refractivity contribution in [2.45, 2.75) is 4.34 Å². The Kier molecular flexibility index (Phi) is 4.41. The molecule has 0 atom stereocenters. The van der Waals surface area contributed by atoms with Crippen LogP contribution in [0.5, 0.6) is 0 Å². The summed E-state index contributed by atoms with van der Waals surface area (Å²) in [7, 11) is 0. The lowest BCUT2D eigenvalue weighted by atomic mass is 10.6. The molecule has 7 heteroatoms. The van der Waals surface area contributed by atoms with Gasteiger partial charge in [0.15, 0.2) is 4.34 Å². The van der Waals surface area contributed by atoms with Gasteiger partial charge in [0.2, 0.25) is 11.0 Å². The Hall–Kier alpha value is -1.08. The summed E-state index contributed by atoms with van der Waals surface area (Å²) in [5.74, 6) is -0.124. The van der Waals surface area contributed by atoms with Crippen LogP contribution in [-0.2, 0) is 4.79 Å². The lowest BCUT2D eigenvalue weighted by Crippen LogP contribution is -2.12. The fourth-order valence-electron chi connectivity index (χ4n) is 0.632. The number of thioether (sulfide) groups is 1. The van der Waals surface area contributed by atoms with E-state index in [1.807, 2.05) is 0 Å². The van der Waals surface area contributed by atoms with Crippen LogP contribution in [0.25, 0.3) is 0 Å². The standard InChI is InChI=1S/C7H10N4OS2/c1-2-3-9-6-10-11-7(14-6)13-4-5(8)12/h2H,1,3-4H2,(H2,8,12)(H,9,10). The van der Waals surface area contributed by atoms with Crippen molar-refractivity contribution in [3.05, 3.63) is 12.7 Å². The van der Waals surface area contributed by atoms with Crippen molar-refractivity contribution >= 4 is 34.1 Å². The van der Waals surface area contributed by atoms with Crippen molar-refractivity contribution in [3.63, 3.8) is 0 Å². The number of nitrogens with zero attached hydrogens (tertiary/aromatic N) is 2. The number of anilines is 1. The van der Waals surface area contributed by atoms with E-state index in [0.29, 0.717) is 6.54 Å². The maximum absolute atomic E-state index is 10.5. The Bertz CT molecular complexity index is 325. The highest BCUT2D eigenvalue weighted by molar-refractivity contribution is 8.01. The number of amides is 1. The van der Waals surface area contributed by atoms with Crippen LogP contribution in [0, 0.1) is 0 Å². The highest BCUT2D eigenvalue weighted by Gasteiger charge is 2.04. The summed E-state index contributed by atoms with van der Waals surface area (Å²) in [5, 5.41) is 11.5. The van der Waals surface area contributed by atoms with Gasteiger partial charge < -0.3 is 11.1 Å². The number of carbonyl (C=O) groups excluding carboxylic acids is 1. The molecule has 0 bridgehead atoms. The average Bonchev–Trinajstić information content (AvgIpc) is 2.59. The fourth-order valence-corrected chi connectivity index (χ4v) is 2.13. The second-order valence-electron chi connectivity index (χ2n) is 2.30. The molecule has 1 heterocycles. The molecule has 0 unspecified atom stereocenters. The van der Waals surface area contributed by atoms with E-state index in [0.717, 1.165) is 9.47 Å². The van der Waals surface area contributed by atoms with Crippen LogP contribution in [-0.4, -0.2) is 28.4 Å². The van der Waals surface area contributed by atoms with Crippen LogP contribution >= 0.6 is 23.1 Å². The summed E-state index contributed by atoms with van der Waals surface area (Å²) in [6.07, 6.45) is 1.73. The first-order valence-electron chi connectivity index (χ1n) is 3.81. The molecule has 0 radical (unpaired) electrons. The molecular formula is C7H10N4OS2. The van der Waals surface area contributed by atoms with Gasteiger partial charge in [-0.05, 0) is 0 Å². The SMILES string of the molecule is C=CCNc1nnc(SCC(N)=O)s1. The first kappa shape index (κ1) is 11.0. The lowest BCUT2D eigenvalue weighted by Gasteiger charge is -1.92. The molecule has 0 aliphatic rings. The molecular weight excluding hydrogens is 220 g/mol. The van der Waals surface area contributed by atoms with Crippen molar-refractivity contribution in [1.29, 1.82) is 0 Å². The topological polar surface area (TPSA) is 80.9 Å². The van der Waals surface area contributed by atoms with Gasteiger partial charge in [0.05, 0.1) is 5.75 Å². The molecule has 14 heavy (non-hydrogen) atoms. The zero-order valence-electron chi connectivity index (χ0n) is 7.40. The third-order valence-corrected chi connectivity index (χ3v) is 3.18. The minimum Gasteiger partial charge on any atom is -0.369 e. The maximum atomic E-state index is 10.5. The Morgan fingerprint density at radius 3 is 3.14 bits per heavy atom. The number of primary amides is 1. The lowest BCUT2D eigenvalue weighted by molar-refractivity contribution is -0.115. The van der Waals surface area contributed by atoms with Gasteiger partial charge in [-0.3, -0.25) is 4.79 Å². The highest BCUT2D eigenvalue weighted by Crippen LogP contribution is 2.24. The second-order valence-corrected chi connectivity index (χ2v) is 4.50. The van der Waals surface area contributed by atoms with E-state index >= 15 is 0 Å². The summed E-state index contributed by atoms with van der Waals surface area (Å²) in [5.41, 5.74) is 5.00. The molecule has 1 rings (SSSR count). The zero-order valence-corrected chi connectivity index (χ0v) is 9.03. The van der Waals surface area contributed by atoms with Gasteiger partial charge in [0.1, 0.15) is 0 Å². The summed E-state index contributed by atoms with van der Waals surface area (Å²) in [6, 6.07) is 0. The van der Waals surface area contributed by atoms with E-state index in [1.54, 1.807) is 6.08 Å². The fraction of sp³-hybridized carbons (Fsp3) is 0.286. The van der Waals surface area contributed by atoms with Crippen LogP contribution in [0.15, 0.2) is 17.0 Å². The molecule has 0 saturated carbocycles. The van der Waals surface area contributed by atoms with E-state index in [4.69, 9.17) is 5.73 Å². The molecule has 5 nitrogen and oxygen atoms in total. The van der Waals surface area contributed by atoms with Crippen molar-refractivity contribution < 1.29 is 4.79 Å². The number of hydrogen-bond donors (Lipinski definition) is 2. The van der Waals surface area contributed by atoms with E-state index in [2.05, 4.69) is 22.1 Å². The molecule has 1 aromatic rings. The number of nitrogens with two attached hydrogens (primary N) is 1. The van der Waals surface area contributed by atoms with E-state index in [-0.39, 0.29) is 11.7 Å². The van der Waals surface area contributed by atoms with Crippen LogP contribution in [0.2, 0.25) is 0 Å². The van der Waals surface area contributed by atoms with Crippen LogP contribution in [0.4, 0.5) is 5.13 Å². The molecule has 0 spiro atoms. The molecule has 0 fully saturated rings. The Labute approximate surface area is 89.8 Å². The summed E-state index contributed by atoms with van der Waals surface area (Å²) in [4.78, 5) is 10.5. The van der Waals surface area contributed by atoms with Gasteiger partial charge in [0.25, 0.3) is 0 Å². The van der Waals surface area contributed by atoms with Gasteiger partial charge >= 0.3 is 0 Å². The van der Waals surface area contributed by atoms with Gasteiger partial charge in [-0.15, -0.1) is 16.8 Å². The number of aromatic nitrogens is 2. The van der Waals surface area contributed by atoms with Crippen molar-refractivity contribution in [2.24, 2.45) is 5.73 Å². The van der Waals surface area contributed by atoms with Gasteiger partial charge in [-0.25, -0.2) is 0 Å². The first-order valence-corrected chi connectivity index (χ1v) is 5.62. The van der Waals surface area contributed by atoms with Gasteiger partial charge in [0, 0.05) is 6.54 Å². The number of carbonyl (C=O) groups is 1. The first-order chi connectivity index (χ1) is 6.72. The Morgan fingerprint density at radius 2 is 2.50 bits per heavy atom. The normalized spacial score (nSPS) is 9.71. The molecule has 0 aromatic carbocycles. The molecule has 3 N–H and O–H groups in total. The van der Waals surface area contributed by atoms with Crippen molar-refractivity contribution in [2.75, 3.05) is 17.6 Å². The maximum Gasteiger partial charge on any atom is 0.227 e. The summed E-state index contributed by atoms with van der Waals surface area (Å²) < 4.78 is 0.732. The van der Waals surface area contributed by atoms with E-state index in [9.17, 15) is 4.79 Å². The van der Waals surface area contributed by atoms with Gasteiger partial charge in [-0.2, -0.15) is 0 Å². The Morgan fingerprint density at radius 1 is 1.71 bits per heavy atom. The molecule has 0 aliphatic carbocycles. The van der Waals surface area contributed by atoms with Crippen LogP contribution < -0.4 is 11.1 Å². The molecule has 0 aliphatic heterocycles. The quantitative estimate of drug-likeness (QED) is 0.556.